The molecule has 4 nitrogen and oxygen atoms in total. The Morgan fingerprint density at radius 1 is 1.28 bits per heavy atom. The molecule has 0 aliphatic rings. The van der Waals surface area contributed by atoms with E-state index in [1.54, 1.807) is 12.1 Å². The quantitative estimate of drug-likeness (QED) is 0.598. The maximum Gasteiger partial charge on any atom is 0.337 e. The van der Waals surface area contributed by atoms with Crippen LogP contribution in [0.1, 0.15) is 43.0 Å². The van der Waals surface area contributed by atoms with Crippen molar-refractivity contribution in [2.45, 2.75) is 32.6 Å². The summed E-state index contributed by atoms with van der Waals surface area (Å²) >= 11 is 0. The van der Waals surface area contributed by atoms with Crippen LogP contribution in [0.15, 0.2) is 18.2 Å². The van der Waals surface area contributed by atoms with E-state index in [0.717, 1.165) is 12.8 Å². The minimum atomic E-state index is -0.472. The van der Waals surface area contributed by atoms with Crippen molar-refractivity contribution in [2.75, 3.05) is 13.7 Å². The zero-order chi connectivity index (χ0) is 13.4. The van der Waals surface area contributed by atoms with E-state index < -0.39 is 5.97 Å². The molecule has 0 aliphatic heterocycles. The van der Waals surface area contributed by atoms with Crippen molar-refractivity contribution in [1.29, 1.82) is 0 Å². The molecule has 0 spiro atoms. The van der Waals surface area contributed by atoms with Gasteiger partial charge in [0.05, 0.1) is 19.3 Å². The summed E-state index contributed by atoms with van der Waals surface area (Å²) in [6.07, 6.45) is 4.46. The van der Waals surface area contributed by atoms with Gasteiger partial charge in [0.2, 0.25) is 0 Å². The Morgan fingerprint density at radius 3 is 2.67 bits per heavy atom. The minimum absolute atomic E-state index is 0.0339. The standard InChI is InChI=1S/C14H20O4/c1-3-4-5-6-9-18-13-8-7-11(10-12(13)15)14(16)17-2/h7-8,10,15H,3-6,9H2,1-2H3. The molecular weight excluding hydrogens is 232 g/mol. The van der Waals surface area contributed by atoms with E-state index in [4.69, 9.17) is 4.74 Å². The van der Waals surface area contributed by atoms with Crippen molar-refractivity contribution in [3.63, 3.8) is 0 Å². The Bertz CT molecular complexity index is 387. The molecule has 0 bridgehead atoms. The fourth-order valence-electron chi connectivity index (χ4n) is 1.60. The van der Waals surface area contributed by atoms with Crippen LogP contribution in [-0.2, 0) is 4.74 Å². The largest absolute Gasteiger partial charge is 0.504 e. The van der Waals surface area contributed by atoms with Crippen molar-refractivity contribution < 1.29 is 19.4 Å². The normalized spacial score (nSPS) is 10.1. The van der Waals surface area contributed by atoms with Crippen LogP contribution in [0.25, 0.3) is 0 Å². The summed E-state index contributed by atoms with van der Waals surface area (Å²) in [7, 11) is 1.30. The Hall–Kier alpha value is -1.71. The molecule has 1 N–H and O–H groups in total. The van der Waals surface area contributed by atoms with Gasteiger partial charge < -0.3 is 14.6 Å². The third-order valence-corrected chi connectivity index (χ3v) is 2.64. The molecular formula is C14H20O4. The first kappa shape index (κ1) is 14.4. The molecule has 0 fully saturated rings. The van der Waals surface area contributed by atoms with Crippen molar-refractivity contribution >= 4 is 5.97 Å². The summed E-state index contributed by atoms with van der Waals surface area (Å²) in [6, 6.07) is 4.52. The summed E-state index contributed by atoms with van der Waals surface area (Å²) < 4.78 is 10.0. The number of aromatic hydroxyl groups is 1. The fraction of sp³-hybridized carbons (Fsp3) is 0.500. The van der Waals surface area contributed by atoms with Gasteiger partial charge in [0.15, 0.2) is 11.5 Å². The van der Waals surface area contributed by atoms with Gasteiger partial charge in [0.1, 0.15) is 0 Å². The van der Waals surface area contributed by atoms with Crippen molar-refractivity contribution in [3.05, 3.63) is 23.8 Å². The predicted octanol–water partition coefficient (Wildman–Crippen LogP) is 3.14. The Morgan fingerprint density at radius 2 is 2.06 bits per heavy atom. The monoisotopic (exact) mass is 252 g/mol. The van der Waals surface area contributed by atoms with Crippen LogP contribution < -0.4 is 4.74 Å². The number of unbranched alkanes of at least 4 members (excludes halogenated alkanes) is 3. The van der Waals surface area contributed by atoms with Crippen molar-refractivity contribution in [2.24, 2.45) is 0 Å². The number of benzene rings is 1. The molecule has 0 aliphatic carbocycles. The highest BCUT2D eigenvalue weighted by Crippen LogP contribution is 2.27. The van der Waals surface area contributed by atoms with Gasteiger partial charge in [0, 0.05) is 0 Å². The molecule has 4 heteroatoms. The number of hydrogen-bond donors (Lipinski definition) is 1. The number of ether oxygens (including phenoxy) is 2. The van der Waals surface area contributed by atoms with Crippen LogP contribution >= 0.6 is 0 Å². The lowest BCUT2D eigenvalue weighted by Gasteiger charge is -2.08. The number of rotatable bonds is 7. The maximum absolute atomic E-state index is 11.2. The minimum Gasteiger partial charge on any atom is -0.504 e. The first-order valence-electron chi connectivity index (χ1n) is 6.23. The Labute approximate surface area is 108 Å². The van der Waals surface area contributed by atoms with Gasteiger partial charge in [-0.05, 0) is 24.6 Å². The molecule has 0 radical (unpaired) electrons. The number of phenols is 1. The molecule has 100 valence electrons. The Balaban J connectivity index is 2.49. The molecule has 0 saturated heterocycles. The molecule has 0 saturated carbocycles. The smallest absolute Gasteiger partial charge is 0.337 e. The molecule has 18 heavy (non-hydrogen) atoms. The highest BCUT2D eigenvalue weighted by molar-refractivity contribution is 5.90. The summed E-state index contributed by atoms with van der Waals surface area (Å²) in [4.78, 5) is 11.2. The van der Waals surface area contributed by atoms with Gasteiger partial charge in [-0.15, -0.1) is 0 Å². The number of carbonyl (C=O) groups is 1. The number of hydrogen-bond acceptors (Lipinski definition) is 4. The van der Waals surface area contributed by atoms with Gasteiger partial charge in [-0.3, -0.25) is 0 Å². The highest BCUT2D eigenvalue weighted by Gasteiger charge is 2.09. The van der Waals surface area contributed by atoms with E-state index in [1.165, 1.54) is 26.0 Å². The molecule has 1 rings (SSSR count). The van der Waals surface area contributed by atoms with Crippen LogP contribution in [0.4, 0.5) is 0 Å². The highest BCUT2D eigenvalue weighted by atomic mass is 16.5. The zero-order valence-electron chi connectivity index (χ0n) is 10.9. The molecule has 0 aromatic heterocycles. The van der Waals surface area contributed by atoms with Gasteiger partial charge in [0.25, 0.3) is 0 Å². The second kappa shape index (κ2) is 7.58. The first-order chi connectivity index (χ1) is 8.69. The molecule has 0 atom stereocenters. The average Bonchev–Trinajstić information content (AvgIpc) is 2.39. The Kier molecular flexibility index (Phi) is 6.05. The van der Waals surface area contributed by atoms with Gasteiger partial charge >= 0.3 is 5.97 Å². The summed E-state index contributed by atoms with van der Waals surface area (Å²) in [6.45, 7) is 2.73. The van der Waals surface area contributed by atoms with Crippen LogP contribution in [0.5, 0.6) is 11.5 Å². The van der Waals surface area contributed by atoms with Gasteiger partial charge in [-0.1, -0.05) is 26.2 Å². The average molecular weight is 252 g/mol. The second-order valence-corrected chi connectivity index (χ2v) is 4.08. The zero-order valence-corrected chi connectivity index (χ0v) is 10.9. The first-order valence-corrected chi connectivity index (χ1v) is 6.23. The lowest BCUT2D eigenvalue weighted by Crippen LogP contribution is -2.02. The van der Waals surface area contributed by atoms with Crippen LogP contribution in [0, 0.1) is 0 Å². The van der Waals surface area contributed by atoms with E-state index >= 15 is 0 Å². The van der Waals surface area contributed by atoms with E-state index in [2.05, 4.69) is 11.7 Å². The lowest BCUT2D eigenvalue weighted by atomic mass is 10.2. The third-order valence-electron chi connectivity index (χ3n) is 2.64. The fourth-order valence-corrected chi connectivity index (χ4v) is 1.60. The van der Waals surface area contributed by atoms with Crippen LogP contribution in [-0.4, -0.2) is 24.8 Å². The molecule has 0 amide bonds. The molecule has 0 unspecified atom stereocenters. The number of esters is 1. The molecule has 1 aromatic carbocycles. The predicted molar refractivity (Wildman–Crippen MR) is 69.1 cm³/mol. The number of methoxy groups -OCH3 is 1. The molecule has 0 heterocycles. The second-order valence-electron chi connectivity index (χ2n) is 4.08. The maximum atomic E-state index is 11.2. The topological polar surface area (TPSA) is 55.8 Å². The SMILES string of the molecule is CCCCCCOc1ccc(C(=O)OC)cc1O. The summed E-state index contributed by atoms with van der Waals surface area (Å²) in [5, 5.41) is 9.71. The van der Waals surface area contributed by atoms with Gasteiger partial charge in [-0.2, -0.15) is 0 Å². The molecule has 1 aromatic rings. The third kappa shape index (κ3) is 4.28. The van der Waals surface area contributed by atoms with Crippen LogP contribution in [0.2, 0.25) is 0 Å². The van der Waals surface area contributed by atoms with Crippen molar-refractivity contribution in [1.82, 2.24) is 0 Å². The van der Waals surface area contributed by atoms with Gasteiger partial charge in [-0.25, -0.2) is 4.79 Å². The lowest BCUT2D eigenvalue weighted by molar-refractivity contribution is 0.0600. The van der Waals surface area contributed by atoms with E-state index in [1.807, 2.05) is 0 Å². The summed E-state index contributed by atoms with van der Waals surface area (Å²) in [5.41, 5.74) is 0.313. The van der Waals surface area contributed by atoms with E-state index in [9.17, 15) is 9.90 Å². The van der Waals surface area contributed by atoms with E-state index in [-0.39, 0.29) is 5.75 Å². The summed E-state index contributed by atoms with van der Waals surface area (Å²) in [5.74, 6) is -0.104. The van der Waals surface area contributed by atoms with E-state index in [0.29, 0.717) is 17.9 Å². The van der Waals surface area contributed by atoms with Crippen molar-refractivity contribution in [3.8, 4) is 11.5 Å². The van der Waals surface area contributed by atoms with Crippen LogP contribution in [0.3, 0.4) is 0 Å². The number of phenolic OH excluding ortho intramolecular Hbond substituents is 1. The number of carbonyl (C=O) groups excluding carboxylic acids is 1.